The summed E-state index contributed by atoms with van der Waals surface area (Å²) in [5.74, 6) is 0.0741. The molecule has 0 bridgehead atoms. The fourth-order valence-corrected chi connectivity index (χ4v) is 2.50. The lowest BCUT2D eigenvalue weighted by molar-refractivity contribution is -0.120. The van der Waals surface area contributed by atoms with Gasteiger partial charge in [-0.1, -0.05) is 18.2 Å². The van der Waals surface area contributed by atoms with Crippen molar-refractivity contribution in [1.82, 2.24) is 4.90 Å². The highest BCUT2D eigenvalue weighted by molar-refractivity contribution is 5.94. The van der Waals surface area contributed by atoms with Crippen LogP contribution in [-0.4, -0.2) is 50.7 Å². The summed E-state index contributed by atoms with van der Waals surface area (Å²) in [6.45, 7) is 2.79. The highest BCUT2D eigenvalue weighted by atomic mass is 35.5. The average molecular weight is 350 g/mol. The molecule has 1 aromatic rings. The van der Waals surface area contributed by atoms with Crippen molar-refractivity contribution < 1.29 is 9.53 Å². The summed E-state index contributed by atoms with van der Waals surface area (Å²) in [5.41, 5.74) is 7.80. The molecule has 7 heteroatoms. The Bertz CT molecular complexity index is 470. The molecule has 0 aliphatic carbocycles. The Kier molecular flexibility index (Phi) is 9.64. The van der Waals surface area contributed by atoms with Crippen LogP contribution in [0.5, 0.6) is 0 Å². The van der Waals surface area contributed by atoms with Crippen LogP contribution in [0.4, 0.5) is 5.69 Å². The molecule has 2 rings (SSSR count). The minimum absolute atomic E-state index is 0. The van der Waals surface area contributed by atoms with Gasteiger partial charge in [0.2, 0.25) is 5.91 Å². The van der Waals surface area contributed by atoms with Crippen LogP contribution >= 0.6 is 24.8 Å². The van der Waals surface area contributed by atoms with Crippen molar-refractivity contribution in [2.24, 2.45) is 5.73 Å². The number of amides is 1. The summed E-state index contributed by atoms with van der Waals surface area (Å²) >= 11 is 0. The van der Waals surface area contributed by atoms with Gasteiger partial charge in [-0.25, -0.2) is 0 Å². The van der Waals surface area contributed by atoms with Gasteiger partial charge in [-0.15, -0.1) is 24.8 Å². The Morgan fingerprint density at radius 1 is 1.32 bits per heavy atom. The van der Waals surface area contributed by atoms with Crippen LogP contribution in [0.15, 0.2) is 24.3 Å². The van der Waals surface area contributed by atoms with Crippen LogP contribution in [-0.2, 0) is 16.1 Å². The summed E-state index contributed by atoms with van der Waals surface area (Å²) in [6.07, 6.45) is 0.112. The zero-order valence-corrected chi connectivity index (χ0v) is 14.7. The minimum Gasteiger partial charge on any atom is -0.380 e. The number of hydrogen-bond donors (Lipinski definition) is 1. The highest BCUT2D eigenvalue weighted by Crippen LogP contribution is 2.25. The predicted molar refractivity (Wildman–Crippen MR) is 94.1 cm³/mol. The molecule has 1 aliphatic rings. The molecule has 1 amide bonds. The second-order valence-electron chi connectivity index (χ2n) is 5.21. The molecule has 126 valence electrons. The maximum atomic E-state index is 12.5. The van der Waals surface area contributed by atoms with E-state index < -0.39 is 0 Å². The number of fused-ring (bicyclic) bond motifs is 1. The van der Waals surface area contributed by atoms with Gasteiger partial charge in [0.1, 0.15) is 0 Å². The number of anilines is 1. The number of likely N-dealkylation sites (N-methyl/N-ethyl adjacent to an activating group) is 1. The maximum Gasteiger partial charge on any atom is 0.229 e. The van der Waals surface area contributed by atoms with Crippen LogP contribution in [0, 0.1) is 0 Å². The number of para-hydroxylation sites is 1. The first kappa shape index (κ1) is 21.1. The standard InChI is InChI=1S/C15H23N3O2.2ClH/c1-17-7-8-18(15(19)9-13(10-16)20-2)14-6-4-3-5-12(14)11-17;;/h3-6,13H,7-11,16H2,1-2H3;2*1H. The molecule has 0 saturated heterocycles. The molecule has 1 atom stereocenters. The van der Waals surface area contributed by atoms with E-state index in [9.17, 15) is 4.79 Å². The molecule has 1 aromatic carbocycles. The molecule has 0 radical (unpaired) electrons. The van der Waals surface area contributed by atoms with Crippen molar-refractivity contribution in [2.45, 2.75) is 19.1 Å². The molecule has 0 aromatic heterocycles. The molecule has 0 saturated carbocycles. The number of carbonyl (C=O) groups excluding carboxylic acids is 1. The van der Waals surface area contributed by atoms with Gasteiger partial charge in [0.15, 0.2) is 0 Å². The van der Waals surface area contributed by atoms with E-state index in [2.05, 4.69) is 18.0 Å². The van der Waals surface area contributed by atoms with Crippen molar-refractivity contribution >= 4 is 36.4 Å². The third-order valence-corrected chi connectivity index (χ3v) is 3.73. The van der Waals surface area contributed by atoms with E-state index in [0.717, 1.165) is 18.8 Å². The second-order valence-corrected chi connectivity index (χ2v) is 5.21. The minimum atomic E-state index is -0.212. The molecule has 5 nitrogen and oxygen atoms in total. The van der Waals surface area contributed by atoms with Crippen molar-refractivity contribution in [1.29, 1.82) is 0 Å². The van der Waals surface area contributed by atoms with Gasteiger partial charge in [0.25, 0.3) is 0 Å². The van der Waals surface area contributed by atoms with Crippen LogP contribution in [0.3, 0.4) is 0 Å². The van der Waals surface area contributed by atoms with E-state index in [0.29, 0.717) is 19.5 Å². The topological polar surface area (TPSA) is 58.8 Å². The Labute approximate surface area is 144 Å². The monoisotopic (exact) mass is 349 g/mol. The van der Waals surface area contributed by atoms with Gasteiger partial charge in [-0.3, -0.25) is 4.79 Å². The summed E-state index contributed by atoms with van der Waals surface area (Å²) < 4.78 is 5.22. The smallest absolute Gasteiger partial charge is 0.229 e. The Morgan fingerprint density at radius 2 is 2.00 bits per heavy atom. The lowest BCUT2D eigenvalue weighted by Gasteiger charge is -2.24. The fraction of sp³-hybridized carbons (Fsp3) is 0.533. The molecular weight excluding hydrogens is 325 g/mol. The van der Waals surface area contributed by atoms with Crippen LogP contribution in [0.2, 0.25) is 0 Å². The summed E-state index contributed by atoms with van der Waals surface area (Å²) in [4.78, 5) is 16.6. The van der Waals surface area contributed by atoms with E-state index >= 15 is 0 Å². The van der Waals surface area contributed by atoms with Crippen LogP contribution in [0.1, 0.15) is 12.0 Å². The second kappa shape index (κ2) is 10.0. The number of carbonyl (C=O) groups is 1. The molecule has 1 heterocycles. The molecule has 1 unspecified atom stereocenters. The SMILES string of the molecule is COC(CN)CC(=O)N1CCN(C)Cc2ccccc21.Cl.Cl. The largest absolute Gasteiger partial charge is 0.380 e. The van der Waals surface area contributed by atoms with Crippen LogP contribution in [0.25, 0.3) is 0 Å². The normalized spacial score (nSPS) is 15.9. The number of ether oxygens (including phenoxy) is 1. The Hall–Kier alpha value is -0.850. The Morgan fingerprint density at radius 3 is 2.64 bits per heavy atom. The van der Waals surface area contributed by atoms with Gasteiger partial charge in [-0.2, -0.15) is 0 Å². The number of halogens is 2. The maximum absolute atomic E-state index is 12.5. The van der Waals surface area contributed by atoms with Crippen LogP contribution < -0.4 is 10.6 Å². The first-order chi connectivity index (χ1) is 9.65. The number of benzene rings is 1. The van der Waals surface area contributed by atoms with Crippen molar-refractivity contribution in [2.75, 3.05) is 38.7 Å². The number of methoxy groups -OCH3 is 1. The third-order valence-electron chi connectivity index (χ3n) is 3.73. The zero-order chi connectivity index (χ0) is 14.5. The van der Waals surface area contributed by atoms with E-state index in [4.69, 9.17) is 10.5 Å². The molecular formula is C15H25Cl2N3O2. The zero-order valence-electron chi connectivity index (χ0n) is 13.0. The fourth-order valence-electron chi connectivity index (χ4n) is 2.50. The van der Waals surface area contributed by atoms with Crippen molar-refractivity contribution in [3.63, 3.8) is 0 Å². The average Bonchev–Trinajstić information content (AvgIpc) is 2.62. The summed E-state index contributed by atoms with van der Waals surface area (Å²) in [7, 11) is 3.66. The predicted octanol–water partition coefficient (Wildman–Crippen LogP) is 1.67. The first-order valence-electron chi connectivity index (χ1n) is 6.95. The van der Waals surface area contributed by atoms with Gasteiger partial charge in [-0.05, 0) is 18.7 Å². The number of nitrogens with zero attached hydrogens (tertiary/aromatic N) is 2. The molecule has 0 fully saturated rings. The van der Waals surface area contributed by atoms with Gasteiger partial charge in [0.05, 0.1) is 12.5 Å². The number of hydrogen-bond acceptors (Lipinski definition) is 4. The molecule has 22 heavy (non-hydrogen) atoms. The lowest BCUT2D eigenvalue weighted by atomic mass is 10.1. The van der Waals surface area contributed by atoms with E-state index in [1.807, 2.05) is 23.1 Å². The molecule has 2 N–H and O–H groups in total. The van der Waals surface area contributed by atoms with Crippen molar-refractivity contribution in [3.8, 4) is 0 Å². The van der Waals surface area contributed by atoms with Gasteiger partial charge in [0, 0.05) is 39.0 Å². The van der Waals surface area contributed by atoms with Crippen molar-refractivity contribution in [3.05, 3.63) is 29.8 Å². The first-order valence-corrected chi connectivity index (χ1v) is 6.95. The third kappa shape index (κ3) is 5.11. The number of rotatable bonds is 4. The highest BCUT2D eigenvalue weighted by Gasteiger charge is 2.24. The molecule has 0 spiro atoms. The number of nitrogens with two attached hydrogens (primary N) is 1. The lowest BCUT2D eigenvalue weighted by Crippen LogP contribution is -2.38. The molecule has 1 aliphatic heterocycles. The summed E-state index contributed by atoms with van der Waals surface area (Å²) in [5, 5.41) is 0. The van der Waals surface area contributed by atoms with E-state index in [1.54, 1.807) is 7.11 Å². The van der Waals surface area contributed by atoms with E-state index in [1.165, 1.54) is 5.56 Å². The Balaban J connectivity index is 0.00000220. The quantitative estimate of drug-likeness (QED) is 0.898. The summed E-state index contributed by atoms with van der Waals surface area (Å²) in [6, 6.07) is 8.07. The van der Waals surface area contributed by atoms with Gasteiger partial charge >= 0.3 is 0 Å². The van der Waals surface area contributed by atoms with Gasteiger partial charge < -0.3 is 20.3 Å². The van der Waals surface area contributed by atoms with E-state index in [-0.39, 0.29) is 36.8 Å².